The number of hydrogen-bond donors (Lipinski definition) is 0. The fourth-order valence-electron chi connectivity index (χ4n) is 2.68. The summed E-state index contributed by atoms with van der Waals surface area (Å²) in [5, 5.41) is 0. The minimum absolute atomic E-state index is 0.605. The van der Waals surface area contributed by atoms with Crippen LogP contribution in [0, 0.1) is 0 Å². The van der Waals surface area contributed by atoms with Crippen molar-refractivity contribution in [3.8, 4) is 0 Å². The number of rotatable bonds is 3. The molecule has 0 radical (unpaired) electrons. The van der Waals surface area contributed by atoms with E-state index in [0.717, 1.165) is 6.04 Å². The first-order chi connectivity index (χ1) is 8.31. The maximum atomic E-state index is 5.82. The minimum atomic E-state index is 0.605. The zero-order valence-electron chi connectivity index (χ0n) is 10.7. The molecular weight excluding hydrogens is 230 g/mol. The fraction of sp³-hybridized carbons (Fsp3) is 0.600. The van der Waals surface area contributed by atoms with Crippen molar-refractivity contribution in [1.82, 2.24) is 0 Å². The van der Waals surface area contributed by atoms with Crippen molar-refractivity contribution < 1.29 is 0 Å². The highest BCUT2D eigenvalue weighted by Gasteiger charge is 2.16. The third-order valence-electron chi connectivity index (χ3n) is 3.87. The van der Waals surface area contributed by atoms with Crippen LogP contribution in [0.3, 0.4) is 0 Å². The van der Waals surface area contributed by atoms with Crippen LogP contribution in [0.1, 0.15) is 44.1 Å². The van der Waals surface area contributed by atoms with Crippen LogP contribution in [0.15, 0.2) is 24.3 Å². The second-order valence-electron chi connectivity index (χ2n) is 5.06. The van der Waals surface area contributed by atoms with Crippen LogP contribution in [-0.2, 0) is 5.88 Å². The van der Waals surface area contributed by atoms with Crippen LogP contribution >= 0.6 is 11.6 Å². The average Bonchev–Trinajstić information content (AvgIpc) is 2.67. The number of anilines is 1. The standard InChI is InChI=1S/C15H22ClN/c1-17(14-6-4-2-3-5-7-14)15-10-8-13(12-16)9-11-15/h8-11,14H,2-7,12H2,1H3. The highest BCUT2D eigenvalue weighted by atomic mass is 35.5. The normalized spacial score (nSPS) is 17.8. The van der Waals surface area contributed by atoms with E-state index in [-0.39, 0.29) is 0 Å². The van der Waals surface area contributed by atoms with Crippen LogP contribution in [0.2, 0.25) is 0 Å². The van der Waals surface area contributed by atoms with E-state index in [2.05, 4.69) is 36.2 Å². The van der Waals surface area contributed by atoms with Crippen LogP contribution in [0.5, 0.6) is 0 Å². The van der Waals surface area contributed by atoms with Crippen molar-refractivity contribution in [2.75, 3.05) is 11.9 Å². The van der Waals surface area contributed by atoms with Gasteiger partial charge in [-0.2, -0.15) is 0 Å². The van der Waals surface area contributed by atoms with Gasteiger partial charge in [-0.1, -0.05) is 37.8 Å². The lowest BCUT2D eigenvalue weighted by molar-refractivity contribution is 0.553. The summed E-state index contributed by atoms with van der Waals surface area (Å²) in [6.07, 6.45) is 8.27. The molecule has 1 aliphatic rings. The van der Waals surface area contributed by atoms with Gasteiger partial charge in [0.2, 0.25) is 0 Å². The minimum Gasteiger partial charge on any atom is -0.372 e. The molecule has 1 aliphatic carbocycles. The molecule has 0 aromatic heterocycles. The Morgan fingerprint density at radius 2 is 1.65 bits per heavy atom. The second kappa shape index (κ2) is 6.30. The Morgan fingerprint density at radius 1 is 1.06 bits per heavy atom. The Hall–Kier alpha value is -0.690. The number of hydrogen-bond acceptors (Lipinski definition) is 1. The monoisotopic (exact) mass is 251 g/mol. The molecule has 1 saturated carbocycles. The van der Waals surface area contributed by atoms with E-state index in [4.69, 9.17) is 11.6 Å². The molecule has 0 bridgehead atoms. The number of nitrogens with zero attached hydrogens (tertiary/aromatic N) is 1. The topological polar surface area (TPSA) is 3.24 Å². The van der Waals surface area contributed by atoms with E-state index in [1.165, 1.54) is 49.8 Å². The first-order valence-electron chi connectivity index (χ1n) is 6.69. The zero-order chi connectivity index (χ0) is 12.1. The Labute approximate surface area is 110 Å². The number of alkyl halides is 1. The summed E-state index contributed by atoms with van der Waals surface area (Å²) >= 11 is 5.82. The third kappa shape index (κ3) is 3.38. The van der Waals surface area contributed by atoms with Gasteiger partial charge in [-0.05, 0) is 30.5 Å². The summed E-state index contributed by atoms with van der Waals surface area (Å²) < 4.78 is 0. The zero-order valence-corrected chi connectivity index (χ0v) is 11.4. The predicted octanol–water partition coefficient (Wildman–Crippen LogP) is 4.58. The molecule has 1 fully saturated rings. The summed E-state index contributed by atoms with van der Waals surface area (Å²) in [5.41, 5.74) is 2.52. The van der Waals surface area contributed by atoms with Gasteiger partial charge in [0.1, 0.15) is 0 Å². The first-order valence-corrected chi connectivity index (χ1v) is 7.22. The van der Waals surface area contributed by atoms with Gasteiger partial charge in [-0.15, -0.1) is 11.6 Å². The lowest BCUT2D eigenvalue weighted by Gasteiger charge is -2.29. The number of benzene rings is 1. The van der Waals surface area contributed by atoms with Crippen molar-refractivity contribution in [2.45, 2.75) is 50.4 Å². The van der Waals surface area contributed by atoms with E-state index < -0.39 is 0 Å². The first kappa shape index (κ1) is 12.8. The molecule has 1 aromatic rings. The average molecular weight is 252 g/mol. The molecule has 2 rings (SSSR count). The molecule has 1 nitrogen and oxygen atoms in total. The highest BCUT2D eigenvalue weighted by molar-refractivity contribution is 6.17. The van der Waals surface area contributed by atoms with Gasteiger partial charge in [0.05, 0.1) is 0 Å². The summed E-state index contributed by atoms with van der Waals surface area (Å²) in [6, 6.07) is 9.38. The maximum Gasteiger partial charge on any atom is 0.0474 e. The van der Waals surface area contributed by atoms with Gasteiger partial charge in [-0.25, -0.2) is 0 Å². The van der Waals surface area contributed by atoms with Gasteiger partial charge in [0, 0.05) is 24.7 Å². The molecule has 0 amide bonds. The lowest BCUT2D eigenvalue weighted by atomic mass is 10.1. The molecule has 0 spiro atoms. The van der Waals surface area contributed by atoms with Crippen molar-refractivity contribution >= 4 is 17.3 Å². The molecule has 0 aliphatic heterocycles. The van der Waals surface area contributed by atoms with E-state index in [9.17, 15) is 0 Å². The van der Waals surface area contributed by atoms with Gasteiger partial charge in [0.15, 0.2) is 0 Å². The maximum absolute atomic E-state index is 5.82. The van der Waals surface area contributed by atoms with Gasteiger partial charge in [0.25, 0.3) is 0 Å². The van der Waals surface area contributed by atoms with E-state index >= 15 is 0 Å². The molecule has 2 heteroatoms. The van der Waals surface area contributed by atoms with Crippen LogP contribution < -0.4 is 4.90 Å². The van der Waals surface area contributed by atoms with Crippen molar-refractivity contribution in [3.63, 3.8) is 0 Å². The smallest absolute Gasteiger partial charge is 0.0474 e. The molecule has 0 N–H and O–H groups in total. The van der Waals surface area contributed by atoms with Crippen LogP contribution in [0.25, 0.3) is 0 Å². The van der Waals surface area contributed by atoms with E-state index in [0.29, 0.717) is 5.88 Å². The summed E-state index contributed by atoms with van der Waals surface area (Å²) in [5.74, 6) is 0.605. The van der Waals surface area contributed by atoms with Crippen molar-refractivity contribution in [2.24, 2.45) is 0 Å². The quantitative estimate of drug-likeness (QED) is 0.561. The van der Waals surface area contributed by atoms with Crippen LogP contribution in [-0.4, -0.2) is 13.1 Å². The molecular formula is C15H22ClN. The van der Waals surface area contributed by atoms with Crippen LogP contribution in [0.4, 0.5) is 5.69 Å². The Kier molecular flexibility index (Phi) is 4.73. The van der Waals surface area contributed by atoms with Gasteiger partial charge in [-0.3, -0.25) is 0 Å². The predicted molar refractivity (Wildman–Crippen MR) is 75.9 cm³/mol. The van der Waals surface area contributed by atoms with E-state index in [1.54, 1.807) is 0 Å². The van der Waals surface area contributed by atoms with E-state index in [1.807, 2.05) is 0 Å². The molecule has 17 heavy (non-hydrogen) atoms. The van der Waals surface area contributed by atoms with Crippen molar-refractivity contribution in [3.05, 3.63) is 29.8 Å². The molecule has 94 valence electrons. The Balaban J connectivity index is 2.03. The molecule has 0 saturated heterocycles. The molecule has 0 unspecified atom stereocenters. The Bertz CT molecular complexity index is 325. The summed E-state index contributed by atoms with van der Waals surface area (Å²) in [7, 11) is 2.23. The third-order valence-corrected chi connectivity index (χ3v) is 4.18. The summed E-state index contributed by atoms with van der Waals surface area (Å²) in [4.78, 5) is 2.45. The summed E-state index contributed by atoms with van der Waals surface area (Å²) in [6.45, 7) is 0. The van der Waals surface area contributed by atoms with Gasteiger partial charge >= 0.3 is 0 Å². The molecule has 0 heterocycles. The van der Waals surface area contributed by atoms with Crippen molar-refractivity contribution in [1.29, 1.82) is 0 Å². The lowest BCUT2D eigenvalue weighted by Crippen LogP contribution is -2.30. The SMILES string of the molecule is CN(c1ccc(CCl)cc1)C1CCCCCC1. The highest BCUT2D eigenvalue weighted by Crippen LogP contribution is 2.25. The fourth-order valence-corrected chi connectivity index (χ4v) is 2.85. The second-order valence-corrected chi connectivity index (χ2v) is 5.32. The largest absolute Gasteiger partial charge is 0.372 e. The van der Waals surface area contributed by atoms with Gasteiger partial charge < -0.3 is 4.90 Å². The number of halogens is 1. The molecule has 0 atom stereocenters. The Morgan fingerprint density at radius 3 is 2.18 bits per heavy atom. The molecule has 1 aromatic carbocycles.